The summed E-state index contributed by atoms with van der Waals surface area (Å²) in [5.41, 5.74) is 0.328. The molecule has 1 heterocycles. The molecule has 2 aliphatic carbocycles. The number of hydrogen-bond acceptors (Lipinski definition) is 4. The van der Waals surface area contributed by atoms with Gasteiger partial charge >= 0.3 is 0 Å². The summed E-state index contributed by atoms with van der Waals surface area (Å²) in [4.78, 5) is 24.5. The van der Waals surface area contributed by atoms with E-state index in [1.54, 1.807) is 6.07 Å². The Hall–Kier alpha value is -1.85. The van der Waals surface area contributed by atoms with Gasteiger partial charge in [-0.3, -0.25) is 9.59 Å². The van der Waals surface area contributed by atoms with Gasteiger partial charge in [-0.15, -0.1) is 0 Å². The van der Waals surface area contributed by atoms with Crippen molar-refractivity contribution in [2.24, 2.45) is 5.92 Å². The van der Waals surface area contributed by atoms with Crippen molar-refractivity contribution < 1.29 is 14.1 Å². The molecule has 3 rings (SSSR count). The van der Waals surface area contributed by atoms with Crippen molar-refractivity contribution >= 4 is 11.8 Å². The lowest BCUT2D eigenvalue weighted by Crippen LogP contribution is -2.45. The second kappa shape index (κ2) is 7.81. The Morgan fingerprint density at radius 2 is 2.00 bits per heavy atom. The predicted molar refractivity (Wildman–Crippen MR) is 89.6 cm³/mol. The minimum Gasteiger partial charge on any atom is -0.360 e. The highest BCUT2D eigenvalue weighted by atomic mass is 16.5. The van der Waals surface area contributed by atoms with Crippen LogP contribution in [0.15, 0.2) is 10.6 Å². The van der Waals surface area contributed by atoms with E-state index < -0.39 is 0 Å². The van der Waals surface area contributed by atoms with Gasteiger partial charge in [0.2, 0.25) is 5.91 Å². The lowest BCUT2D eigenvalue weighted by atomic mass is 9.88. The first-order chi connectivity index (χ1) is 11.7. The van der Waals surface area contributed by atoms with Gasteiger partial charge in [0.25, 0.3) is 5.91 Å². The minimum atomic E-state index is -0.232. The van der Waals surface area contributed by atoms with Gasteiger partial charge in [-0.1, -0.05) is 31.3 Å². The molecule has 0 aliphatic heterocycles. The second-order valence-electron chi connectivity index (χ2n) is 7.05. The summed E-state index contributed by atoms with van der Waals surface area (Å²) in [5, 5.41) is 9.79. The van der Waals surface area contributed by atoms with E-state index in [-0.39, 0.29) is 23.8 Å². The first-order valence-electron chi connectivity index (χ1n) is 9.22. The van der Waals surface area contributed by atoms with E-state index in [2.05, 4.69) is 15.8 Å². The van der Waals surface area contributed by atoms with Gasteiger partial charge in [-0.25, -0.2) is 0 Å². The lowest BCUT2D eigenvalue weighted by Gasteiger charge is -2.23. The fraction of sp³-hybridized carbons (Fsp3) is 0.722. The minimum absolute atomic E-state index is 0.0916. The molecule has 2 aliphatic rings. The van der Waals surface area contributed by atoms with Crippen LogP contribution in [0.1, 0.15) is 80.5 Å². The second-order valence-corrected chi connectivity index (χ2v) is 7.05. The number of rotatable bonds is 7. The van der Waals surface area contributed by atoms with Crippen molar-refractivity contribution in [3.05, 3.63) is 17.5 Å². The molecule has 132 valence electrons. The lowest BCUT2D eigenvalue weighted by molar-refractivity contribution is -0.126. The van der Waals surface area contributed by atoms with Crippen molar-refractivity contribution in [3.63, 3.8) is 0 Å². The maximum absolute atomic E-state index is 12.3. The molecule has 24 heavy (non-hydrogen) atoms. The Labute approximate surface area is 142 Å². The van der Waals surface area contributed by atoms with Crippen LogP contribution in [0.4, 0.5) is 0 Å². The van der Waals surface area contributed by atoms with Crippen molar-refractivity contribution in [1.82, 2.24) is 15.8 Å². The Morgan fingerprint density at radius 3 is 2.67 bits per heavy atom. The first kappa shape index (κ1) is 17.0. The molecule has 2 saturated carbocycles. The molecule has 2 amide bonds. The van der Waals surface area contributed by atoms with Gasteiger partial charge in [-0.05, 0) is 32.1 Å². The Balaban J connectivity index is 1.46. The van der Waals surface area contributed by atoms with Crippen molar-refractivity contribution in [2.75, 3.05) is 6.54 Å². The average Bonchev–Trinajstić information content (AvgIpc) is 3.35. The molecule has 1 aromatic heterocycles. The fourth-order valence-electron chi connectivity index (χ4n) is 3.25. The summed E-state index contributed by atoms with van der Waals surface area (Å²) in [7, 11) is 0. The molecule has 1 aromatic rings. The summed E-state index contributed by atoms with van der Waals surface area (Å²) >= 11 is 0. The highest BCUT2D eigenvalue weighted by molar-refractivity contribution is 5.92. The van der Waals surface area contributed by atoms with Gasteiger partial charge in [0, 0.05) is 30.5 Å². The molecule has 0 spiro atoms. The fourth-order valence-corrected chi connectivity index (χ4v) is 3.25. The van der Waals surface area contributed by atoms with Crippen molar-refractivity contribution in [2.45, 2.75) is 70.3 Å². The summed E-state index contributed by atoms with van der Waals surface area (Å²) in [6.07, 6.45) is 8.46. The van der Waals surface area contributed by atoms with E-state index in [9.17, 15) is 9.59 Å². The molecule has 0 bridgehead atoms. The Kier molecular flexibility index (Phi) is 5.53. The molecule has 2 N–H and O–H groups in total. The van der Waals surface area contributed by atoms with E-state index in [1.165, 1.54) is 6.42 Å². The van der Waals surface area contributed by atoms with Gasteiger partial charge < -0.3 is 15.2 Å². The molecule has 0 saturated heterocycles. The predicted octanol–water partition coefficient (Wildman–Crippen LogP) is 2.76. The molecule has 2 fully saturated rings. The summed E-state index contributed by atoms with van der Waals surface area (Å²) in [6, 6.07) is 1.64. The van der Waals surface area contributed by atoms with E-state index in [0.717, 1.165) is 50.7 Å². The molecule has 1 atom stereocenters. The zero-order chi connectivity index (χ0) is 16.9. The third-order valence-electron chi connectivity index (χ3n) is 5.07. The van der Waals surface area contributed by atoms with Crippen LogP contribution in [-0.2, 0) is 4.79 Å². The highest BCUT2D eigenvalue weighted by Crippen LogP contribution is 2.40. The number of amides is 2. The van der Waals surface area contributed by atoms with Crippen molar-refractivity contribution in [3.8, 4) is 0 Å². The molecule has 1 unspecified atom stereocenters. The molecule has 6 nitrogen and oxygen atoms in total. The van der Waals surface area contributed by atoms with Crippen LogP contribution in [0.3, 0.4) is 0 Å². The van der Waals surface area contributed by atoms with Crippen LogP contribution in [0.2, 0.25) is 0 Å². The van der Waals surface area contributed by atoms with Crippen molar-refractivity contribution in [1.29, 1.82) is 0 Å². The monoisotopic (exact) mass is 333 g/mol. The average molecular weight is 333 g/mol. The highest BCUT2D eigenvalue weighted by Gasteiger charge is 2.29. The first-order valence-corrected chi connectivity index (χ1v) is 9.22. The largest absolute Gasteiger partial charge is 0.360 e. The SMILES string of the molecule is CCC(CNC(=O)C1CCCCC1)NC(=O)c1cc(C2CC2)on1. The maximum atomic E-state index is 12.3. The number of nitrogens with one attached hydrogen (secondary N) is 2. The van der Waals surface area contributed by atoms with Gasteiger partial charge in [0.05, 0.1) is 0 Å². The van der Waals surface area contributed by atoms with Gasteiger partial charge in [0.1, 0.15) is 5.76 Å². The topological polar surface area (TPSA) is 84.2 Å². The Bertz CT molecular complexity index is 574. The van der Waals surface area contributed by atoms with E-state index in [1.807, 2.05) is 6.92 Å². The normalized spacial score (nSPS) is 19.7. The smallest absolute Gasteiger partial charge is 0.273 e. The van der Waals surface area contributed by atoms with Crippen LogP contribution < -0.4 is 10.6 Å². The summed E-state index contributed by atoms with van der Waals surface area (Å²) in [6.45, 7) is 2.46. The Morgan fingerprint density at radius 1 is 1.25 bits per heavy atom. The number of aromatic nitrogens is 1. The van der Waals surface area contributed by atoms with E-state index >= 15 is 0 Å². The molecular formula is C18H27N3O3. The van der Waals surface area contributed by atoms with E-state index in [0.29, 0.717) is 18.2 Å². The van der Waals surface area contributed by atoms with E-state index in [4.69, 9.17) is 4.52 Å². The van der Waals surface area contributed by atoms with Crippen LogP contribution in [0, 0.1) is 5.92 Å². The van der Waals surface area contributed by atoms with Crippen LogP contribution in [-0.4, -0.2) is 29.6 Å². The van der Waals surface area contributed by atoms with Gasteiger partial charge in [-0.2, -0.15) is 0 Å². The molecule has 6 heteroatoms. The third kappa shape index (κ3) is 4.36. The third-order valence-corrected chi connectivity index (χ3v) is 5.07. The quantitative estimate of drug-likeness (QED) is 0.803. The maximum Gasteiger partial charge on any atom is 0.273 e. The van der Waals surface area contributed by atoms with Crippen LogP contribution in [0.25, 0.3) is 0 Å². The standard InChI is InChI=1S/C18H27N3O3/c1-2-14(11-19-17(22)13-6-4-3-5-7-13)20-18(23)15-10-16(24-21-15)12-8-9-12/h10,12-14H,2-9,11H2,1H3,(H,19,22)(H,20,23). The molecule has 0 aromatic carbocycles. The van der Waals surface area contributed by atoms with Gasteiger partial charge in [0.15, 0.2) is 5.69 Å². The summed E-state index contributed by atoms with van der Waals surface area (Å²) in [5.74, 6) is 1.28. The number of hydrogen-bond donors (Lipinski definition) is 2. The zero-order valence-corrected chi connectivity index (χ0v) is 14.3. The number of carbonyl (C=O) groups excluding carboxylic acids is 2. The number of carbonyl (C=O) groups is 2. The summed E-state index contributed by atoms with van der Waals surface area (Å²) < 4.78 is 5.22. The molecular weight excluding hydrogens is 306 g/mol. The van der Waals surface area contributed by atoms with Crippen LogP contribution in [0.5, 0.6) is 0 Å². The number of nitrogens with zero attached hydrogens (tertiary/aromatic N) is 1. The zero-order valence-electron chi connectivity index (χ0n) is 14.3. The molecule has 0 radical (unpaired) electrons. The van der Waals surface area contributed by atoms with Crippen LogP contribution >= 0.6 is 0 Å².